The van der Waals surface area contributed by atoms with Crippen molar-refractivity contribution in [3.63, 3.8) is 0 Å². The normalized spacial score (nSPS) is 11.9. The highest BCUT2D eigenvalue weighted by molar-refractivity contribution is 4.94. The van der Waals surface area contributed by atoms with Crippen LogP contribution in [0.5, 0.6) is 0 Å². The van der Waals surface area contributed by atoms with Gasteiger partial charge < -0.3 is 0 Å². The molecular formula is C30H57. The van der Waals surface area contributed by atoms with E-state index in [-0.39, 0.29) is 0 Å². The van der Waals surface area contributed by atoms with Crippen LogP contribution in [0.1, 0.15) is 168 Å². The lowest BCUT2D eigenvalue weighted by atomic mass is 10.0. The molecule has 0 aromatic heterocycles. The second-order valence-electron chi connectivity index (χ2n) is 9.42. The van der Waals surface area contributed by atoms with Gasteiger partial charge in [0.2, 0.25) is 0 Å². The molecular weight excluding hydrogens is 360 g/mol. The first kappa shape index (κ1) is 29.5. The SMILES string of the molecule is CCCCCCCCCCCCC=C/[C]=C/CCCCCCCCCCCCCC. The number of hydrogen-bond acceptors (Lipinski definition) is 0. The van der Waals surface area contributed by atoms with Crippen LogP contribution >= 0.6 is 0 Å². The third kappa shape index (κ3) is 27.5. The fraction of sp³-hybridized carbons (Fsp3) is 0.867. The van der Waals surface area contributed by atoms with Crippen LogP contribution in [0.3, 0.4) is 0 Å². The van der Waals surface area contributed by atoms with Crippen LogP contribution in [0.4, 0.5) is 0 Å². The van der Waals surface area contributed by atoms with Crippen LogP contribution < -0.4 is 0 Å². The summed E-state index contributed by atoms with van der Waals surface area (Å²) in [6.07, 6.45) is 43.9. The van der Waals surface area contributed by atoms with Gasteiger partial charge in [0, 0.05) is 0 Å². The van der Waals surface area contributed by atoms with Gasteiger partial charge in [-0.2, -0.15) is 0 Å². The molecule has 0 saturated carbocycles. The second-order valence-corrected chi connectivity index (χ2v) is 9.42. The van der Waals surface area contributed by atoms with Gasteiger partial charge >= 0.3 is 0 Å². The molecule has 0 amide bonds. The van der Waals surface area contributed by atoms with Gasteiger partial charge in [0.1, 0.15) is 0 Å². The lowest BCUT2D eigenvalue weighted by Gasteiger charge is -2.02. The molecule has 0 fully saturated rings. The topological polar surface area (TPSA) is 0 Å². The van der Waals surface area contributed by atoms with Crippen molar-refractivity contribution < 1.29 is 0 Å². The Labute approximate surface area is 192 Å². The molecule has 0 heterocycles. The first-order valence-corrected chi connectivity index (χ1v) is 14.1. The van der Waals surface area contributed by atoms with Gasteiger partial charge in [-0.3, -0.25) is 0 Å². The summed E-state index contributed by atoms with van der Waals surface area (Å²) in [5.41, 5.74) is 0. The molecule has 0 atom stereocenters. The summed E-state index contributed by atoms with van der Waals surface area (Å²) in [6, 6.07) is 0. The lowest BCUT2D eigenvalue weighted by Crippen LogP contribution is -1.82. The molecule has 0 aromatic rings. The van der Waals surface area contributed by atoms with E-state index in [1.54, 1.807) is 0 Å². The van der Waals surface area contributed by atoms with Crippen molar-refractivity contribution in [1.82, 2.24) is 0 Å². The van der Waals surface area contributed by atoms with E-state index in [0.29, 0.717) is 0 Å². The zero-order valence-corrected chi connectivity index (χ0v) is 21.2. The lowest BCUT2D eigenvalue weighted by molar-refractivity contribution is 0.545. The van der Waals surface area contributed by atoms with Crippen molar-refractivity contribution in [3.05, 3.63) is 24.3 Å². The summed E-state index contributed by atoms with van der Waals surface area (Å²) in [6.45, 7) is 4.59. The summed E-state index contributed by atoms with van der Waals surface area (Å²) in [5, 5.41) is 0. The highest BCUT2D eigenvalue weighted by atomic mass is 14.0. The predicted molar refractivity (Wildman–Crippen MR) is 139 cm³/mol. The smallest absolute Gasteiger partial charge is 0.0230 e. The van der Waals surface area contributed by atoms with Crippen molar-refractivity contribution in [2.75, 3.05) is 0 Å². The average molecular weight is 418 g/mol. The van der Waals surface area contributed by atoms with E-state index >= 15 is 0 Å². The van der Waals surface area contributed by atoms with Crippen LogP contribution in [-0.2, 0) is 0 Å². The second kappa shape index (κ2) is 28.5. The number of unbranched alkanes of at least 4 members (excludes halogenated alkanes) is 22. The zero-order chi connectivity index (χ0) is 21.8. The fourth-order valence-electron chi connectivity index (χ4n) is 4.14. The maximum Gasteiger partial charge on any atom is -0.0230 e. The Morgan fingerprint density at radius 2 is 0.733 bits per heavy atom. The molecule has 0 N–H and O–H groups in total. The van der Waals surface area contributed by atoms with E-state index in [0.717, 1.165) is 0 Å². The minimum Gasteiger partial charge on any atom is -0.0839 e. The molecule has 177 valence electrons. The van der Waals surface area contributed by atoms with E-state index in [1.165, 1.54) is 154 Å². The summed E-state index contributed by atoms with van der Waals surface area (Å²) < 4.78 is 0. The average Bonchev–Trinajstić information content (AvgIpc) is 2.76. The Balaban J connectivity index is 3.14. The first-order chi connectivity index (χ1) is 14.9. The van der Waals surface area contributed by atoms with Crippen molar-refractivity contribution in [2.45, 2.75) is 168 Å². The molecule has 0 heteroatoms. The molecule has 0 rings (SSSR count). The van der Waals surface area contributed by atoms with Gasteiger partial charge in [-0.15, -0.1) is 0 Å². The largest absolute Gasteiger partial charge is 0.0839 e. The van der Waals surface area contributed by atoms with Crippen LogP contribution in [0.2, 0.25) is 0 Å². The van der Waals surface area contributed by atoms with E-state index in [9.17, 15) is 0 Å². The molecule has 0 aliphatic carbocycles. The molecule has 0 nitrogen and oxygen atoms in total. The molecule has 1 radical (unpaired) electrons. The van der Waals surface area contributed by atoms with E-state index in [2.05, 4.69) is 38.2 Å². The summed E-state index contributed by atoms with van der Waals surface area (Å²) >= 11 is 0. The monoisotopic (exact) mass is 417 g/mol. The molecule has 0 unspecified atom stereocenters. The van der Waals surface area contributed by atoms with Crippen LogP contribution in [-0.4, -0.2) is 0 Å². The third-order valence-corrected chi connectivity index (χ3v) is 6.26. The van der Waals surface area contributed by atoms with Crippen molar-refractivity contribution in [1.29, 1.82) is 0 Å². The molecule has 0 saturated heterocycles. The van der Waals surface area contributed by atoms with E-state index < -0.39 is 0 Å². The summed E-state index contributed by atoms with van der Waals surface area (Å²) in [7, 11) is 0. The molecule has 0 aliphatic heterocycles. The van der Waals surface area contributed by atoms with Crippen LogP contribution in [0.25, 0.3) is 0 Å². The molecule has 0 aliphatic rings. The summed E-state index contributed by atoms with van der Waals surface area (Å²) in [4.78, 5) is 0. The van der Waals surface area contributed by atoms with Gasteiger partial charge in [0.25, 0.3) is 0 Å². The van der Waals surface area contributed by atoms with E-state index in [4.69, 9.17) is 0 Å². The van der Waals surface area contributed by atoms with Crippen molar-refractivity contribution >= 4 is 0 Å². The Hall–Kier alpha value is -0.520. The number of rotatable bonds is 25. The zero-order valence-electron chi connectivity index (χ0n) is 21.2. The molecule has 0 aromatic carbocycles. The van der Waals surface area contributed by atoms with Crippen molar-refractivity contribution in [2.24, 2.45) is 0 Å². The Kier molecular flexibility index (Phi) is 28.0. The Bertz CT molecular complexity index is 338. The maximum atomic E-state index is 3.36. The first-order valence-electron chi connectivity index (χ1n) is 14.1. The predicted octanol–water partition coefficient (Wildman–Crippen LogP) is 11.3. The van der Waals surface area contributed by atoms with Gasteiger partial charge in [-0.1, -0.05) is 160 Å². The number of allylic oxidation sites excluding steroid dienone is 4. The van der Waals surface area contributed by atoms with Crippen LogP contribution in [0.15, 0.2) is 18.2 Å². The van der Waals surface area contributed by atoms with Gasteiger partial charge in [0.15, 0.2) is 0 Å². The molecule has 0 spiro atoms. The van der Waals surface area contributed by atoms with Crippen molar-refractivity contribution in [3.8, 4) is 0 Å². The van der Waals surface area contributed by atoms with Gasteiger partial charge in [-0.05, 0) is 31.8 Å². The highest BCUT2D eigenvalue weighted by Crippen LogP contribution is 2.13. The van der Waals surface area contributed by atoms with Gasteiger partial charge in [-0.25, -0.2) is 0 Å². The molecule has 0 bridgehead atoms. The van der Waals surface area contributed by atoms with Gasteiger partial charge in [0.05, 0.1) is 0 Å². The number of hydrogen-bond donors (Lipinski definition) is 0. The highest BCUT2D eigenvalue weighted by Gasteiger charge is 1.93. The minimum absolute atomic E-state index is 1.21. The Morgan fingerprint density at radius 3 is 1.13 bits per heavy atom. The summed E-state index contributed by atoms with van der Waals surface area (Å²) in [5.74, 6) is 0. The maximum absolute atomic E-state index is 3.36. The standard InChI is InChI=1S/C30H57/c1-3-5-7-9-11-13-15-17-19-21-23-25-27-29-30-28-26-24-22-20-18-16-14-12-10-8-6-4-2/h25,27,30H,3-24,26,28H2,1-2H3. The van der Waals surface area contributed by atoms with Crippen LogP contribution in [0, 0.1) is 6.08 Å². The molecule has 30 heavy (non-hydrogen) atoms. The minimum atomic E-state index is 1.21. The third-order valence-electron chi connectivity index (χ3n) is 6.26. The quantitative estimate of drug-likeness (QED) is 0.102. The van der Waals surface area contributed by atoms with E-state index in [1.807, 2.05) is 0 Å². The fourth-order valence-corrected chi connectivity index (χ4v) is 4.14. The Morgan fingerprint density at radius 1 is 0.400 bits per heavy atom.